The van der Waals surface area contributed by atoms with Crippen LogP contribution < -0.4 is 5.32 Å². The second kappa shape index (κ2) is 5.85. The van der Waals surface area contributed by atoms with Crippen LogP contribution in [0.1, 0.15) is 24.2 Å². The molecule has 2 atom stereocenters. The van der Waals surface area contributed by atoms with Gasteiger partial charge in [-0.2, -0.15) is 0 Å². The number of nitrogens with one attached hydrogen (secondary N) is 1. The summed E-state index contributed by atoms with van der Waals surface area (Å²) in [6.07, 6.45) is 0. The average molecular weight is 339 g/mol. The molecule has 0 unspecified atom stereocenters. The first kappa shape index (κ1) is 17.3. The van der Waals surface area contributed by atoms with E-state index in [1.54, 1.807) is 34.0 Å². The van der Waals surface area contributed by atoms with Gasteiger partial charge in [0.25, 0.3) is 5.91 Å². The second-order valence-corrected chi connectivity index (χ2v) is 6.91. The molecule has 1 saturated carbocycles. The summed E-state index contributed by atoms with van der Waals surface area (Å²) in [7, 11) is 3.24. The zero-order valence-electron chi connectivity index (χ0n) is 13.4. The van der Waals surface area contributed by atoms with Crippen molar-refractivity contribution in [1.82, 2.24) is 4.90 Å². The normalized spacial score (nSPS) is 21.4. The summed E-state index contributed by atoms with van der Waals surface area (Å²) in [5.41, 5.74) is 0.201. The molecular weight excluding hydrogens is 320 g/mol. The number of anilines is 1. The van der Waals surface area contributed by atoms with E-state index >= 15 is 0 Å². The van der Waals surface area contributed by atoms with Gasteiger partial charge in [-0.3, -0.25) is 14.4 Å². The first-order valence-electron chi connectivity index (χ1n) is 7.12. The van der Waals surface area contributed by atoms with Gasteiger partial charge >= 0.3 is 5.97 Å². The Hall–Kier alpha value is -2.08. The monoisotopic (exact) mass is 338 g/mol. The van der Waals surface area contributed by atoms with Crippen molar-refractivity contribution in [2.24, 2.45) is 17.3 Å². The largest absolute Gasteiger partial charge is 0.481 e. The van der Waals surface area contributed by atoms with E-state index in [0.29, 0.717) is 11.3 Å². The molecule has 0 radical (unpaired) electrons. The van der Waals surface area contributed by atoms with Crippen LogP contribution in [-0.4, -0.2) is 41.9 Å². The maximum absolute atomic E-state index is 12.3. The highest BCUT2D eigenvalue weighted by Crippen LogP contribution is 2.58. The maximum Gasteiger partial charge on any atom is 0.307 e. The van der Waals surface area contributed by atoms with Crippen molar-refractivity contribution in [3.05, 3.63) is 28.8 Å². The lowest BCUT2D eigenvalue weighted by molar-refractivity contribution is -0.140. The number of carboxylic acid groups (broad SMARTS) is 1. The summed E-state index contributed by atoms with van der Waals surface area (Å²) in [5, 5.41) is 12.0. The number of hydrogen-bond acceptors (Lipinski definition) is 3. The summed E-state index contributed by atoms with van der Waals surface area (Å²) < 4.78 is 0. The Balaban J connectivity index is 2.13. The minimum absolute atomic E-state index is 0.228. The molecule has 1 fully saturated rings. The van der Waals surface area contributed by atoms with Gasteiger partial charge in [-0.25, -0.2) is 0 Å². The third kappa shape index (κ3) is 3.17. The van der Waals surface area contributed by atoms with Gasteiger partial charge in [-0.15, -0.1) is 0 Å². The zero-order valence-corrected chi connectivity index (χ0v) is 14.1. The molecule has 0 aliphatic heterocycles. The summed E-state index contributed by atoms with van der Waals surface area (Å²) in [6, 6.07) is 4.60. The van der Waals surface area contributed by atoms with E-state index in [0.717, 1.165) is 0 Å². The Kier molecular flexibility index (Phi) is 4.39. The molecule has 1 aromatic carbocycles. The fraction of sp³-hybridized carbons (Fsp3) is 0.438. The van der Waals surface area contributed by atoms with Crippen molar-refractivity contribution in [3.63, 3.8) is 0 Å². The van der Waals surface area contributed by atoms with E-state index in [1.165, 1.54) is 17.0 Å². The molecule has 23 heavy (non-hydrogen) atoms. The Morgan fingerprint density at radius 2 is 1.83 bits per heavy atom. The van der Waals surface area contributed by atoms with Gasteiger partial charge in [-0.1, -0.05) is 25.4 Å². The van der Waals surface area contributed by atoms with Gasteiger partial charge in [0.2, 0.25) is 5.91 Å². The van der Waals surface area contributed by atoms with Crippen LogP contribution in [0.15, 0.2) is 18.2 Å². The van der Waals surface area contributed by atoms with Crippen LogP contribution in [0.2, 0.25) is 5.02 Å². The van der Waals surface area contributed by atoms with E-state index in [-0.39, 0.29) is 16.8 Å². The highest BCUT2D eigenvalue weighted by molar-refractivity contribution is 6.34. The molecule has 0 saturated heterocycles. The molecule has 0 aromatic heterocycles. The lowest BCUT2D eigenvalue weighted by Crippen LogP contribution is -2.22. The van der Waals surface area contributed by atoms with Crippen LogP contribution in [0.25, 0.3) is 0 Å². The molecule has 1 aliphatic carbocycles. The van der Waals surface area contributed by atoms with Crippen LogP contribution in [0.5, 0.6) is 0 Å². The minimum Gasteiger partial charge on any atom is -0.481 e. The number of carbonyl (C=O) groups excluding carboxylic acids is 2. The number of benzene rings is 1. The van der Waals surface area contributed by atoms with E-state index in [1.807, 2.05) is 0 Å². The zero-order chi connectivity index (χ0) is 17.5. The lowest BCUT2D eigenvalue weighted by atomic mass is 10.1. The molecule has 6 nitrogen and oxygen atoms in total. The Bertz CT molecular complexity index is 685. The molecule has 0 bridgehead atoms. The van der Waals surface area contributed by atoms with Crippen molar-refractivity contribution >= 4 is 35.1 Å². The standard InChI is InChI=1S/C16H19ClN2O4/c1-16(2)11(12(16)15(22)23)13(20)18-8-5-6-9(10(17)7-8)14(21)19(3)4/h5-7,11-12H,1-4H3,(H,18,20)(H,22,23)/t11-,12+/m1/s1. The molecule has 2 amide bonds. The average Bonchev–Trinajstić information content (AvgIpc) is 3.01. The van der Waals surface area contributed by atoms with Crippen LogP contribution in [0.4, 0.5) is 5.69 Å². The first-order chi connectivity index (χ1) is 10.6. The van der Waals surface area contributed by atoms with Gasteiger partial charge in [0.1, 0.15) is 0 Å². The number of amides is 2. The van der Waals surface area contributed by atoms with E-state index in [9.17, 15) is 14.4 Å². The number of carbonyl (C=O) groups is 3. The number of nitrogens with zero attached hydrogens (tertiary/aromatic N) is 1. The lowest BCUT2D eigenvalue weighted by Gasteiger charge is -2.13. The minimum atomic E-state index is -0.972. The van der Waals surface area contributed by atoms with E-state index in [2.05, 4.69) is 5.32 Å². The Morgan fingerprint density at radius 3 is 2.26 bits per heavy atom. The summed E-state index contributed by atoms with van der Waals surface area (Å²) in [6.45, 7) is 3.50. The predicted octanol–water partition coefficient (Wildman–Crippen LogP) is 2.34. The Labute approximate surface area is 139 Å². The third-order valence-corrected chi connectivity index (χ3v) is 4.56. The van der Waals surface area contributed by atoms with Crippen LogP contribution in [-0.2, 0) is 9.59 Å². The van der Waals surface area contributed by atoms with Crippen LogP contribution in [0.3, 0.4) is 0 Å². The summed E-state index contributed by atoms with van der Waals surface area (Å²) in [5.74, 6) is -2.83. The topological polar surface area (TPSA) is 86.7 Å². The highest BCUT2D eigenvalue weighted by Gasteiger charge is 2.65. The first-order valence-corrected chi connectivity index (χ1v) is 7.50. The number of rotatable bonds is 4. The van der Waals surface area contributed by atoms with Crippen molar-refractivity contribution in [2.45, 2.75) is 13.8 Å². The van der Waals surface area contributed by atoms with Crippen LogP contribution >= 0.6 is 11.6 Å². The smallest absolute Gasteiger partial charge is 0.307 e. The quantitative estimate of drug-likeness (QED) is 0.882. The Morgan fingerprint density at radius 1 is 1.22 bits per heavy atom. The highest BCUT2D eigenvalue weighted by atomic mass is 35.5. The maximum atomic E-state index is 12.3. The van der Waals surface area contributed by atoms with Crippen molar-refractivity contribution < 1.29 is 19.5 Å². The molecule has 1 aliphatic rings. The van der Waals surface area contributed by atoms with Gasteiger partial charge in [0.05, 0.1) is 22.4 Å². The van der Waals surface area contributed by atoms with E-state index in [4.69, 9.17) is 16.7 Å². The molecule has 1 aromatic rings. The fourth-order valence-electron chi connectivity index (χ4n) is 2.82. The van der Waals surface area contributed by atoms with Crippen LogP contribution in [0, 0.1) is 17.3 Å². The fourth-order valence-corrected chi connectivity index (χ4v) is 3.08. The molecule has 0 heterocycles. The van der Waals surface area contributed by atoms with Crippen molar-refractivity contribution in [2.75, 3.05) is 19.4 Å². The molecule has 0 spiro atoms. The molecular formula is C16H19ClN2O4. The molecule has 2 N–H and O–H groups in total. The van der Waals surface area contributed by atoms with E-state index < -0.39 is 23.2 Å². The molecule has 7 heteroatoms. The predicted molar refractivity (Wildman–Crippen MR) is 86.5 cm³/mol. The van der Waals surface area contributed by atoms with Crippen molar-refractivity contribution in [1.29, 1.82) is 0 Å². The van der Waals surface area contributed by atoms with Gasteiger partial charge < -0.3 is 15.3 Å². The second-order valence-electron chi connectivity index (χ2n) is 6.50. The molecule has 2 rings (SSSR count). The number of carboxylic acids is 1. The summed E-state index contributed by atoms with van der Waals surface area (Å²) in [4.78, 5) is 36.7. The summed E-state index contributed by atoms with van der Waals surface area (Å²) >= 11 is 6.09. The van der Waals surface area contributed by atoms with Gasteiger partial charge in [0, 0.05) is 19.8 Å². The van der Waals surface area contributed by atoms with Crippen molar-refractivity contribution in [3.8, 4) is 0 Å². The number of hydrogen-bond donors (Lipinski definition) is 2. The number of aliphatic carboxylic acids is 1. The third-order valence-electron chi connectivity index (χ3n) is 4.25. The SMILES string of the molecule is CN(C)C(=O)c1ccc(NC(=O)[C@H]2[C@@H](C(=O)O)C2(C)C)cc1Cl. The number of halogens is 1. The molecule has 124 valence electrons. The van der Waals surface area contributed by atoms with Gasteiger partial charge in [-0.05, 0) is 23.6 Å². The van der Waals surface area contributed by atoms with Gasteiger partial charge in [0.15, 0.2) is 0 Å².